The first-order chi connectivity index (χ1) is 12.8. The number of hydrogen-bond acceptors (Lipinski definition) is 3. The van der Waals surface area contributed by atoms with Gasteiger partial charge in [0, 0.05) is 18.0 Å². The Morgan fingerprint density at radius 2 is 1.93 bits per heavy atom. The molecule has 0 saturated heterocycles. The molecule has 27 heavy (non-hydrogen) atoms. The minimum Gasteiger partial charge on any atom is -0.492 e. The highest BCUT2D eigenvalue weighted by atomic mass is 19.4. The summed E-state index contributed by atoms with van der Waals surface area (Å²) in [6.07, 6.45) is 0.988. The van der Waals surface area contributed by atoms with E-state index in [1.165, 1.54) is 18.3 Å². The molecule has 1 aromatic heterocycles. The summed E-state index contributed by atoms with van der Waals surface area (Å²) in [7, 11) is 0. The molecule has 1 aromatic carbocycles. The minimum absolute atomic E-state index is 0.0947. The standard InChI is InChI=1S/C19H19F3N2O3/c20-19(21,22)13-5-6-16(27-11-12-3-1-2-4-12)15(9-13)18(26)24-14-7-8-23-17(25)10-14/h5-10,12H,1-4,11H2,(H2,23,24,25,26). The topological polar surface area (TPSA) is 71.2 Å². The Kier molecular flexibility index (Phi) is 5.53. The van der Waals surface area contributed by atoms with Crippen molar-refractivity contribution in [1.82, 2.24) is 4.98 Å². The third-order valence-corrected chi connectivity index (χ3v) is 4.53. The first kappa shape index (κ1) is 19.0. The lowest BCUT2D eigenvalue weighted by molar-refractivity contribution is -0.137. The predicted molar refractivity (Wildman–Crippen MR) is 93.9 cm³/mol. The molecular formula is C19H19F3N2O3. The molecule has 0 unspecified atom stereocenters. The Labute approximate surface area is 153 Å². The fourth-order valence-electron chi connectivity index (χ4n) is 3.12. The molecule has 1 heterocycles. The quantitative estimate of drug-likeness (QED) is 0.816. The molecule has 2 N–H and O–H groups in total. The van der Waals surface area contributed by atoms with Gasteiger partial charge in [0.25, 0.3) is 5.91 Å². The zero-order chi connectivity index (χ0) is 19.4. The van der Waals surface area contributed by atoms with E-state index in [1.54, 1.807) is 0 Å². The number of aromatic amines is 1. The highest BCUT2D eigenvalue weighted by Crippen LogP contribution is 2.33. The third-order valence-electron chi connectivity index (χ3n) is 4.53. The smallest absolute Gasteiger partial charge is 0.416 e. The van der Waals surface area contributed by atoms with E-state index in [0.29, 0.717) is 12.5 Å². The summed E-state index contributed by atoms with van der Waals surface area (Å²) >= 11 is 0. The van der Waals surface area contributed by atoms with Crippen LogP contribution in [0.3, 0.4) is 0 Å². The van der Waals surface area contributed by atoms with Crippen molar-refractivity contribution in [3.63, 3.8) is 0 Å². The summed E-state index contributed by atoms with van der Waals surface area (Å²) in [6, 6.07) is 5.42. The van der Waals surface area contributed by atoms with Crippen molar-refractivity contribution in [2.24, 2.45) is 5.92 Å². The zero-order valence-electron chi connectivity index (χ0n) is 14.4. The number of anilines is 1. The van der Waals surface area contributed by atoms with Crippen LogP contribution in [0, 0.1) is 5.92 Å². The van der Waals surface area contributed by atoms with E-state index in [0.717, 1.165) is 43.9 Å². The first-order valence-electron chi connectivity index (χ1n) is 8.67. The van der Waals surface area contributed by atoms with Gasteiger partial charge in [-0.3, -0.25) is 9.59 Å². The number of amides is 1. The van der Waals surface area contributed by atoms with Gasteiger partial charge in [0.05, 0.1) is 17.7 Å². The maximum absolute atomic E-state index is 13.1. The Morgan fingerprint density at radius 1 is 1.19 bits per heavy atom. The fraction of sp³-hybridized carbons (Fsp3) is 0.368. The number of H-pyrrole nitrogens is 1. The molecule has 8 heteroatoms. The molecule has 0 atom stereocenters. The minimum atomic E-state index is -4.58. The zero-order valence-corrected chi connectivity index (χ0v) is 14.4. The summed E-state index contributed by atoms with van der Waals surface area (Å²) in [5, 5.41) is 2.44. The van der Waals surface area contributed by atoms with Gasteiger partial charge in [-0.1, -0.05) is 12.8 Å². The number of hydrogen-bond donors (Lipinski definition) is 2. The number of carbonyl (C=O) groups excluding carboxylic acids is 1. The van der Waals surface area contributed by atoms with Crippen molar-refractivity contribution < 1.29 is 22.7 Å². The van der Waals surface area contributed by atoms with Gasteiger partial charge in [-0.25, -0.2) is 0 Å². The summed E-state index contributed by atoms with van der Waals surface area (Å²) in [6.45, 7) is 0.358. The van der Waals surface area contributed by atoms with Crippen molar-refractivity contribution in [1.29, 1.82) is 0 Å². The molecule has 1 aliphatic rings. The maximum Gasteiger partial charge on any atom is 0.416 e. The molecule has 0 spiro atoms. The molecule has 2 aromatic rings. The van der Waals surface area contributed by atoms with Gasteiger partial charge in [-0.2, -0.15) is 13.2 Å². The second-order valence-corrected chi connectivity index (χ2v) is 6.57. The van der Waals surface area contributed by atoms with E-state index in [2.05, 4.69) is 10.3 Å². The van der Waals surface area contributed by atoms with Crippen LogP contribution in [0.25, 0.3) is 0 Å². The number of aromatic nitrogens is 1. The fourth-order valence-corrected chi connectivity index (χ4v) is 3.12. The van der Waals surface area contributed by atoms with Crippen LogP contribution in [0.5, 0.6) is 5.75 Å². The van der Waals surface area contributed by atoms with Crippen LogP contribution in [0.4, 0.5) is 18.9 Å². The van der Waals surface area contributed by atoms with Crippen LogP contribution in [0.15, 0.2) is 41.3 Å². The van der Waals surface area contributed by atoms with Gasteiger partial charge < -0.3 is 15.0 Å². The lowest BCUT2D eigenvalue weighted by Crippen LogP contribution is -2.18. The number of benzene rings is 1. The number of alkyl halides is 3. The Balaban J connectivity index is 1.86. The van der Waals surface area contributed by atoms with Crippen molar-refractivity contribution in [3.8, 4) is 5.75 Å². The molecule has 0 aliphatic heterocycles. The van der Waals surface area contributed by atoms with Gasteiger partial charge in [0.2, 0.25) is 5.56 Å². The van der Waals surface area contributed by atoms with Crippen LogP contribution >= 0.6 is 0 Å². The lowest BCUT2D eigenvalue weighted by atomic mass is 10.1. The van der Waals surface area contributed by atoms with E-state index in [-0.39, 0.29) is 17.0 Å². The first-order valence-corrected chi connectivity index (χ1v) is 8.67. The average molecular weight is 380 g/mol. The van der Waals surface area contributed by atoms with Gasteiger partial charge in [-0.05, 0) is 43.0 Å². The van der Waals surface area contributed by atoms with Crippen molar-refractivity contribution in [2.75, 3.05) is 11.9 Å². The third kappa shape index (κ3) is 4.90. The second-order valence-electron chi connectivity index (χ2n) is 6.57. The van der Waals surface area contributed by atoms with Gasteiger partial charge in [0.1, 0.15) is 5.75 Å². The van der Waals surface area contributed by atoms with Crippen LogP contribution in [-0.2, 0) is 6.18 Å². The van der Waals surface area contributed by atoms with Crippen molar-refractivity contribution in [2.45, 2.75) is 31.9 Å². The summed E-state index contributed by atoms with van der Waals surface area (Å²) in [4.78, 5) is 26.3. The highest BCUT2D eigenvalue weighted by molar-refractivity contribution is 6.06. The Morgan fingerprint density at radius 3 is 2.59 bits per heavy atom. The summed E-state index contributed by atoms with van der Waals surface area (Å²) in [5.74, 6) is -0.332. The number of rotatable bonds is 5. The number of pyridine rings is 1. The predicted octanol–water partition coefficient (Wildman–Crippen LogP) is 4.22. The number of nitrogens with one attached hydrogen (secondary N) is 2. The van der Waals surface area contributed by atoms with Crippen LogP contribution < -0.4 is 15.6 Å². The second kappa shape index (κ2) is 7.85. The monoisotopic (exact) mass is 380 g/mol. The molecule has 0 bridgehead atoms. The lowest BCUT2D eigenvalue weighted by Gasteiger charge is -2.16. The van der Waals surface area contributed by atoms with Crippen LogP contribution in [-0.4, -0.2) is 17.5 Å². The Hall–Kier alpha value is -2.77. The summed E-state index contributed by atoms with van der Waals surface area (Å²) in [5.41, 5.74) is -1.41. The van der Waals surface area contributed by atoms with E-state index in [1.807, 2.05) is 0 Å². The molecule has 3 rings (SSSR count). The molecule has 1 amide bonds. The summed E-state index contributed by atoms with van der Waals surface area (Å²) < 4.78 is 44.8. The molecule has 1 fully saturated rings. The van der Waals surface area contributed by atoms with E-state index < -0.39 is 23.2 Å². The number of halogens is 3. The van der Waals surface area contributed by atoms with Crippen LogP contribution in [0.2, 0.25) is 0 Å². The largest absolute Gasteiger partial charge is 0.492 e. The van der Waals surface area contributed by atoms with Gasteiger partial charge in [0.15, 0.2) is 0 Å². The highest BCUT2D eigenvalue weighted by Gasteiger charge is 2.32. The molecule has 1 saturated carbocycles. The van der Waals surface area contributed by atoms with Crippen molar-refractivity contribution in [3.05, 3.63) is 58.0 Å². The van der Waals surface area contributed by atoms with E-state index >= 15 is 0 Å². The molecule has 144 valence electrons. The normalized spacial score (nSPS) is 14.9. The number of ether oxygens (including phenoxy) is 1. The molecular weight excluding hydrogens is 361 g/mol. The Bertz CT molecular complexity index is 871. The maximum atomic E-state index is 13.1. The van der Waals surface area contributed by atoms with Crippen LogP contribution in [0.1, 0.15) is 41.6 Å². The van der Waals surface area contributed by atoms with Gasteiger partial charge in [-0.15, -0.1) is 0 Å². The van der Waals surface area contributed by atoms with Gasteiger partial charge >= 0.3 is 6.18 Å². The average Bonchev–Trinajstić information content (AvgIpc) is 3.12. The SMILES string of the molecule is O=C(Nc1cc[nH]c(=O)c1)c1cc(C(F)(F)F)ccc1OCC1CCCC1. The van der Waals surface area contributed by atoms with E-state index in [4.69, 9.17) is 4.74 Å². The molecule has 0 radical (unpaired) electrons. The van der Waals surface area contributed by atoms with Crippen molar-refractivity contribution >= 4 is 11.6 Å². The van der Waals surface area contributed by atoms with E-state index in [9.17, 15) is 22.8 Å². The molecule has 5 nitrogen and oxygen atoms in total. The molecule has 1 aliphatic carbocycles. The number of carbonyl (C=O) groups is 1.